The van der Waals surface area contributed by atoms with E-state index in [0.717, 1.165) is 5.92 Å². The summed E-state index contributed by atoms with van der Waals surface area (Å²) < 4.78 is 0. The Bertz CT molecular complexity index is 176. The molecular weight excluding hydrogens is 122 g/mol. The molecule has 2 N–H and O–H groups in total. The van der Waals surface area contributed by atoms with Gasteiger partial charge in [0.15, 0.2) is 0 Å². The Morgan fingerprint density at radius 2 is 2.30 bits per heavy atom. The Kier molecular flexibility index (Phi) is 0.949. The first-order chi connectivity index (χ1) is 4.59. The van der Waals surface area contributed by atoms with Gasteiger partial charge in [-0.05, 0) is 36.5 Å². The van der Waals surface area contributed by atoms with Gasteiger partial charge in [0.05, 0.1) is 0 Å². The summed E-state index contributed by atoms with van der Waals surface area (Å²) in [4.78, 5) is 0. The van der Waals surface area contributed by atoms with Crippen LogP contribution < -0.4 is 5.73 Å². The molecule has 10 heavy (non-hydrogen) atoms. The highest BCUT2D eigenvalue weighted by Crippen LogP contribution is 2.89. The molecule has 2 rings (SSSR count). The second-order valence-electron chi connectivity index (χ2n) is 4.34. The van der Waals surface area contributed by atoms with E-state index in [1.54, 1.807) is 0 Å². The predicted octanol–water partition coefficient (Wildman–Crippen LogP) is 1.77. The van der Waals surface area contributed by atoms with Gasteiger partial charge >= 0.3 is 0 Å². The average molecular weight is 139 g/mol. The summed E-state index contributed by atoms with van der Waals surface area (Å²) in [5.74, 6) is 0.991. The van der Waals surface area contributed by atoms with Crippen molar-refractivity contribution in [1.82, 2.24) is 0 Å². The van der Waals surface area contributed by atoms with E-state index in [1.807, 2.05) is 0 Å². The molecule has 2 saturated carbocycles. The molecule has 2 unspecified atom stereocenters. The van der Waals surface area contributed by atoms with Crippen LogP contribution in [0.1, 0.15) is 33.6 Å². The first-order valence-electron chi connectivity index (χ1n) is 4.35. The van der Waals surface area contributed by atoms with Crippen LogP contribution in [0.25, 0.3) is 0 Å². The first kappa shape index (κ1) is 6.66. The van der Waals surface area contributed by atoms with Crippen molar-refractivity contribution < 1.29 is 0 Å². The maximum absolute atomic E-state index is 5.91. The second-order valence-corrected chi connectivity index (χ2v) is 4.34. The molecule has 1 nitrogen and oxygen atoms in total. The van der Waals surface area contributed by atoms with Crippen molar-refractivity contribution in [2.45, 2.75) is 39.7 Å². The topological polar surface area (TPSA) is 26.0 Å². The number of rotatable bonds is 2. The molecule has 0 heterocycles. The molecule has 0 bridgehead atoms. The summed E-state index contributed by atoms with van der Waals surface area (Å²) in [7, 11) is 0. The summed E-state index contributed by atoms with van der Waals surface area (Å²) in [5.41, 5.74) is 7.15. The fourth-order valence-electron chi connectivity index (χ4n) is 3.05. The van der Waals surface area contributed by atoms with Crippen LogP contribution in [0, 0.1) is 16.7 Å². The van der Waals surface area contributed by atoms with Crippen LogP contribution in [0.2, 0.25) is 0 Å². The lowest BCUT2D eigenvalue weighted by molar-refractivity contribution is 0.271. The van der Waals surface area contributed by atoms with Gasteiger partial charge in [0.1, 0.15) is 0 Å². The maximum Gasteiger partial charge on any atom is 0.00726 e. The third kappa shape index (κ3) is 0.402. The molecule has 0 amide bonds. The first-order valence-corrected chi connectivity index (χ1v) is 4.35. The van der Waals surface area contributed by atoms with Crippen molar-refractivity contribution in [3.05, 3.63) is 0 Å². The van der Waals surface area contributed by atoms with Gasteiger partial charge in [0.2, 0.25) is 0 Å². The highest BCUT2D eigenvalue weighted by molar-refractivity contribution is 5.34. The van der Waals surface area contributed by atoms with Crippen molar-refractivity contribution in [1.29, 1.82) is 0 Å². The van der Waals surface area contributed by atoms with Crippen molar-refractivity contribution >= 4 is 0 Å². The summed E-state index contributed by atoms with van der Waals surface area (Å²) in [5, 5.41) is 0. The molecule has 0 aromatic heterocycles. The lowest BCUT2D eigenvalue weighted by atomic mass is 9.83. The minimum atomic E-state index is 0.409. The van der Waals surface area contributed by atoms with E-state index in [1.165, 1.54) is 12.8 Å². The van der Waals surface area contributed by atoms with E-state index in [4.69, 9.17) is 5.73 Å². The molecule has 2 aliphatic carbocycles. The zero-order valence-electron chi connectivity index (χ0n) is 7.15. The molecule has 1 heteroatoms. The minimum Gasteiger partial charge on any atom is -0.327 e. The molecule has 2 aliphatic rings. The molecule has 58 valence electrons. The van der Waals surface area contributed by atoms with Gasteiger partial charge in [0, 0.05) is 6.04 Å². The fourth-order valence-corrected chi connectivity index (χ4v) is 3.05. The predicted molar refractivity (Wildman–Crippen MR) is 42.6 cm³/mol. The smallest absolute Gasteiger partial charge is 0.00726 e. The Hall–Kier alpha value is -0.0400. The highest BCUT2D eigenvalue weighted by Gasteiger charge is 2.85. The summed E-state index contributed by atoms with van der Waals surface area (Å²) >= 11 is 0. The van der Waals surface area contributed by atoms with Gasteiger partial charge in [-0.25, -0.2) is 0 Å². The highest BCUT2D eigenvalue weighted by atomic mass is 14.9. The number of hydrogen-bond acceptors (Lipinski definition) is 1. The van der Waals surface area contributed by atoms with Crippen LogP contribution in [0.15, 0.2) is 0 Å². The Morgan fingerprint density at radius 1 is 1.70 bits per heavy atom. The van der Waals surface area contributed by atoms with Gasteiger partial charge in [-0.2, -0.15) is 0 Å². The Balaban J connectivity index is 2.12. The van der Waals surface area contributed by atoms with Crippen LogP contribution in [-0.2, 0) is 0 Å². The minimum absolute atomic E-state index is 0.409. The molecule has 0 radical (unpaired) electrons. The van der Waals surface area contributed by atoms with Crippen LogP contribution >= 0.6 is 0 Å². The molecule has 0 saturated heterocycles. The van der Waals surface area contributed by atoms with Gasteiger partial charge in [-0.15, -0.1) is 0 Å². The van der Waals surface area contributed by atoms with E-state index in [0.29, 0.717) is 16.9 Å². The van der Waals surface area contributed by atoms with Crippen molar-refractivity contribution in [3.8, 4) is 0 Å². The van der Waals surface area contributed by atoms with Gasteiger partial charge < -0.3 is 5.73 Å². The van der Waals surface area contributed by atoms with Gasteiger partial charge in [0.25, 0.3) is 0 Å². The van der Waals surface area contributed by atoms with Crippen molar-refractivity contribution in [3.63, 3.8) is 0 Å². The standard InChI is InChI=1S/C9H17N/c1-4-9-5-7(9)8(9,3)6(2)10/h6-7H,4-5,10H2,1-3H3/t6?,7?,8-,9-/m0/s1. The lowest BCUT2D eigenvalue weighted by Gasteiger charge is -2.26. The van der Waals surface area contributed by atoms with E-state index in [-0.39, 0.29) is 0 Å². The fraction of sp³-hybridized carbons (Fsp3) is 1.00. The number of nitrogens with two attached hydrogens (primary N) is 1. The monoisotopic (exact) mass is 139 g/mol. The number of hydrogen-bond donors (Lipinski definition) is 1. The van der Waals surface area contributed by atoms with Crippen molar-refractivity contribution in [2.75, 3.05) is 0 Å². The molecule has 0 aromatic carbocycles. The van der Waals surface area contributed by atoms with E-state index >= 15 is 0 Å². The lowest BCUT2D eigenvalue weighted by Crippen LogP contribution is -2.33. The molecule has 0 aliphatic heterocycles. The SMILES string of the molecule is CC[C@]12CC1[C@]2(C)C(C)N. The zero-order chi connectivity index (χ0) is 7.57. The summed E-state index contributed by atoms with van der Waals surface area (Å²) in [6.07, 6.45) is 2.80. The molecular formula is C9H17N. The average Bonchev–Trinajstić information content (AvgIpc) is 2.71. The number of fused-ring (bicyclic) bond motifs is 1. The van der Waals surface area contributed by atoms with Crippen LogP contribution in [0.3, 0.4) is 0 Å². The van der Waals surface area contributed by atoms with E-state index in [9.17, 15) is 0 Å². The molecule has 0 spiro atoms. The maximum atomic E-state index is 5.91. The van der Waals surface area contributed by atoms with Crippen LogP contribution in [0.5, 0.6) is 0 Å². The summed E-state index contributed by atoms with van der Waals surface area (Å²) in [6, 6.07) is 0.409. The summed E-state index contributed by atoms with van der Waals surface area (Å²) in [6.45, 7) is 6.81. The van der Waals surface area contributed by atoms with Crippen LogP contribution in [-0.4, -0.2) is 6.04 Å². The van der Waals surface area contributed by atoms with Crippen molar-refractivity contribution in [2.24, 2.45) is 22.5 Å². The third-order valence-electron chi connectivity index (χ3n) is 4.37. The van der Waals surface area contributed by atoms with E-state index < -0.39 is 0 Å². The van der Waals surface area contributed by atoms with Gasteiger partial charge in [-0.3, -0.25) is 0 Å². The molecule has 0 aromatic rings. The van der Waals surface area contributed by atoms with Crippen LogP contribution in [0.4, 0.5) is 0 Å². The van der Waals surface area contributed by atoms with E-state index in [2.05, 4.69) is 20.8 Å². The largest absolute Gasteiger partial charge is 0.327 e. The third-order valence-corrected chi connectivity index (χ3v) is 4.37. The quantitative estimate of drug-likeness (QED) is 0.620. The molecule has 2 fully saturated rings. The zero-order valence-corrected chi connectivity index (χ0v) is 7.15. The Morgan fingerprint density at radius 3 is 2.40 bits per heavy atom. The normalized spacial score (nSPS) is 59.4. The molecule has 4 atom stereocenters. The van der Waals surface area contributed by atoms with Gasteiger partial charge in [-0.1, -0.05) is 13.8 Å². The Labute approximate surface area is 63.0 Å². The second kappa shape index (κ2) is 1.42.